The second-order valence-electron chi connectivity index (χ2n) is 6.85. The Morgan fingerprint density at radius 2 is 1.74 bits per heavy atom. The van der Waals surface area contributed by atoms with Crippen LogP contribution in [-0.4, -0.2) is 38.5 Å². The van der Waals surface area contributed by atoms with Gasteiger partial charge >= 0.3 is 5.97 Å². The number of allylic oxidation sites excluding steroid dienone is 1. The number of hydrogen-bond donors (Lipinski definition) is 1. The molecule has 1 aliphatic carbocycles. The summed E-state index contributed by atoms with van der Waals surface area (Å²) in [6, 6.07) is 6.78. The average Bonchev–Trinajstić information content (AvgIpc) is 2.69. The van der Waals surface area contributed by atoms with Crippen LogP contribution in [0.5, 0.6) is 0 Å². The first kappa shape index (κ1) is 21.6. The minimum absolute atomic E-state index is 0.0518. The van der Waals surface area contributed by atoms with Gasteiger partial charge in [0.1, 0.15) is 0 Å². The summed E-state index contributed by atoms with van der Waals surface area (Å²) in [5.41, 5.74) is 2.26. The van der Waals surface area contributed by atoms with Crippen LogP contribution in [0.15, 0.2) is 34.7 Å². The first-order valence-corrected chi connectivity index (χ1v) is 11.4. The Bertz CT molecular complexity index is 756. The second kappa shape index (κ2) is 10.0. The fourth-order valence-electron chi connectivity index (χ4n) is 3.73. The number of sulfone groups is 1. The van der Waals surface area contributed by atoms with Gasteiger partial charge in [-0.2, -0.15) is 0 Å². The summed E-state index contributed by atoms with van der Waals surface area (Å²) in [4.78, 5) is 12.9. The molecule has 27 heavy (non-hydrogen) atoms. The highest BCUT2D eigenvalue weighted by Gasteiger charge is 2.26. The van der Waals surface area contributed by atoms with E-state index in [0.29, 0.717) is 5.57 Å². The predicted molar refractivity (Wildman–Crippen MR) is 106 cm³/mol. The normalized spacial score (nSPS) is 16.7. The number of aliphatic hydroxyl groups is 1. The molecule has 1 aromatic carbocycles. The molecule has 0 amide bonds. The Morgan fingerprint density at radius 3 is 2.26 bits per heavy atom. The van der Waals surface area contributed by atoms with E-state index in [2.05, 4.69) is 0 Å². The molecule has 0 radical (unpaired) electrons. The Morgan fingerprint density at radius 1 is 1.11 bits per heavy atom. The fourth-order valence-corrected chi connectivity index (χ4v) is 4.62. The van der Waals surface area contributed by atoms with E-state index >= 15 is 0 Å². The highest BCUT2D eigenvalue weighted by atomic mass is 32.2. The zero-order chi connectivity index (χ0) is 19.9. The van der Waals surface area contributed by atoms with Crippen molar-refractivity contribution in [2.24, 2.45) is 5.92 Å². The van der Waals surface area contributed by atoms with Crippen LogP contribution in [0.4, 0.5) is 0 Å². The first-order chi connectivity index (χ1) is 12.9. The number of aliphatic hydroxyl groups excluding tert-OH is 1. The third kappa shape index (κ3) is 5.42. The number of ether oxygens (including phenoxy) is 1. The van der Waals surface area contributed by atoms with Gasteiger partial charge in [-0.25, -0.2) is 13.2 Å². The maximum absolute atomic E-state index is 12.6. The summed E-state index contributed by atoms with van der Waals surface area (Å²) in [6.07, 6.45) is 5.60. The molecule has 1 N–H and O–H groups in total. The number of hydrogen-bond acceptors (Lipinski definition) is 5. The quantitative estimate of drug-likeness (QED) is 0.536. The van der Waals surface area contributed by atoms with Crippen LogP contribution in [0.1, 0.15) is 57.9 Å². The highest BCUT2D eigenvalue weighted by molar-refractivity contribution is 7.91. The van der Waals surface area contributed by atoms with Gasteiger partial charge in [0, 0.05) is 18.6 Å². The number of benzene rings is 1. The third-order valence-electron chi connectivity index (χ3n) is 5.13. The molecule has 0 atom stereocenters. The predicted octanol–water partition coefficient (Wildman–Crippen LogP) is 3.76. The molecular weight excluding hydrogens is 364 g/mol. The molecule has 1 saturated carbocycles. The van der Waals surface area contributed by atoms with Crippen LogP contribution < -0.4 is 0 Å². The molecule has 0 saturated heterocycles. The summed E-state index contributed by atoms with van der Waals surface area (Å²) in [5.74, 6) is -0.119. The molecule has 5 nitrogen and oxygen atoms in total. The van der Waals surface area contributed by atoms with Crippen molar-refractivity contribution in [2.75, 3.05) is 19.0 Å². The van der Waals surface area contributed by atoms with Gasteiger partial charge in [0.25, 0.3) is 0 Å². The van der Waals surface area contributed by atoms with Crippen LogP contribution in [0.3, 0.4) is 0 Å². The molecule has 0 unspecified atom stereocenters. The summed E-state index contributed by atoms with van der Waals surface area (Å²) in [5, 5.41) is 9.51. The van der Waals surface area contributed by atoms with Gasteiger partial charge in [0.15, 0.2) is 9.84 Å². The van der Waals surface area contributed by atoms with Gasteiger partial charge in [0.2, 0.25) is 0 Å². The average molecular weight is 395 g/mol. The van der Waals surface area contributed by atoms with E-state index in [1.807, 2.05) is 0 Å². The number of carbonyl (C=O) groups is 1. The molecule has 0 heterocycles. The summed E-state index contributed by atoms with van der Waals surface area (Å²) >= 11 is 0. The van der Waals surface area contributed by atoms with Crippen molar-refractivity contribution in [1.29, 1.82) is 0 Å². The molecule has 150 valence electrons. The molecule has 1 aliphatic rings. The third-order valence-corrected chi connectivity index (χ3v) is 6.88. The lowest BCUT2D eigenvalue weighted by molar-refractivity contribution is -0.138. The number of carbonyl (C=O) groups excluding carboxylic acids is 1. The van der Waals surface area contributed by atoms with E-state index in [9.17, 15) is 18.3 Å². The van der Waals surface area contributed by atoms with Gasteiger partial charge in [-0.3, -0.25) is 0 Å². The molecule has 1 fully saturated rings. The molecular formula is C21H30O5S. The number of rotatable bonds is 8. The van der Waals surface area contributed by atoms with E-state index in [0.717, 1.165) is 36.8 Å². The van der Waals surface area contributed by atoms with Crippen molar-refractivity contribution in [3.8, 4) is 0 Å². The van der Waals surface area contributed by atoms with Gasteiger partial charge in [-0.15, -0.1) is 0 Å². The van der Waals surface area contributed by atoms with Crippen molar-refractivity contribution in [3.63, 3.8) is 0 Å². The SMILES string of the molecule is CCOC(=O)C(CCO)=C(c1ccc(S(=O)(=O)CC)cc1)C1CCCCC1. The lowest BCUT2D eigenvalue weighted by Gasteiger charge is -2.27. The van der Waals surface area contributed by atoms with E-state index in [1.54, 1.807) is 38.1 Å². The Labute approximate surface area is 162 Å². The van der Waals surface area contributed by atoms with Crippen LogP contribution in [0, 0.1) is 5.92 Å². The van der Waals surface area contributed by atoms with Crippen molar-refractivity contribution < 1.29 is 23.1 Å². The van der Waals surface area contributed by atoms with Crippen molar-refractivity contribution in [2.45, 2.75) is 57.3 Å². The van der Waals surface area contributed by atoms with E-state index in [-0.39, 0.29) is 36.2 Å². The molecule has 0 bridgehead atoms. The highest BCUT2D eigenvalue weighted by Crippen LogP contribution is 2.38. The lowest BCUT2D eigenvalue weighted by Crippen LogP contribution is -2.17. The van der Waals surface area contributed by atoms with Crippen molar-refractivity contribution >= 4 is 21.4 Å². The van der Waals surface area contributed by atoms with Crippen LogP contribution in [0.25, 0.3) is 5.57 Å². The van der Waals surface area contributed by atoms with Crippen LogP contribution in [0.2, 0.25) is 0 Å². The zero-order valence-electron chi connectivity index (χ0n) is 16.2. The van der Waals surface area contributed by atoms with Crippen molar-refractivity contribution in [3.05, 3.63) is 35.4 Å². The number of esters is 1. The molecule has 0 spiro atoms. The van der Waals surface area contributed by atoms with E-state index in [1.165, 1.54) is 6.42 Å². The molecule has 6 heteroatoms. The van der Waals surface area contributed by atoms with Gasteiger partial charge in [-0.05, 0) is 49.0 Å². The summed E-state index contributed by atoms with van der Waals surface area (Å²) in [6.45, 7) is 3.53. The van der Waals surface area contributed by atoms with Crippen LogP contribution in [-0.2, 0) is 19.4 Å². The minimum Gasteiger partial charge on any atom is -0.463 e. The maximum Gasteiger partial charge on any atom is 0.334 e. The Balaban J connectivity index is 2.54. The standard InChI is InChI=1S/C21H30O5S/c1-3-26-21(23)19(14-15-22)20(16-8-6-5-7-9-16)17-10-12-18(13-11-17)27(24,25)4-2/h10-13,16,22H,3-9,14-15H2,1-2H3. The van der Waals surface area contributed by atoms with Gasteiger partial charge in [0.05, 0.1) is 17.3 Å². The maximum atomic E-state index is 12.6. The fraction of sp³-hybridized carbons (Fsp3) is 0.571. The lowest BCUT2D eigenvalue weighted by atomic mass is 9.78. The van der Waals surface area contributed by atoms with E-state index in [4.69, 9.17) is 4.74 Å². The molecule has 1 aromatic rings. The molecule has 0 aliphatic heterocycles. The minimum atomic E-state index is -3.27. The zero-order valence-corrected chi connectivity index (χ0v) is 17.1. The van der Waals surface area contributed by atoms with Crippen LogP contribution >= 0.6 is 0 Å². The van der Waals surface area contributed by atoms with E-state index < -0.39 is 15.8 Å². The Kier molecular flexibility index (Phi) is 8.05. The van der Waals surface area contributed by atoms with Gasteiger partial charge < -0.3 is 9.84 Å². The first-order valence-electron chi connectivity index (χ1n) is 9.78. The monoisotopic (exact) mass is 394 g/mol. The summed E-state index contributed by atoms with van der Waals surface area (Å²) < 4.78 is 29.4. The topological polar surface area (TPSA) is 80.7 Å². The second-order valence-corrected chi connectivity index (χ2v) is 9.13. The molecule has 0 aromatic heterocycles. The smallest absolute Gasteiger partial charge is 0.334 e. The van der Waals surface area contributed by atoms with Crippen molar-refractivity contribution in [1.82, 2.24) is 0 Å². The Hall–Kier alpha value is -1.66. The van der Waals surface area contributed by atoms with Gasteiger partial charge in [-0.1, -0.05) is 38.3 Å². The summed E-state index contributed by atoms with van der Waals surface area (Å²) in [7, 11) is -3.27. The largest absolute Gasteiger partial charge is 0.463 e. The molecule has 2 rings (SSSR count).